The molecule has 0 radical (unpaired) electrons. The molecule has 0 aliphatic carbocycles. The number of ether oxygens (including phenoxy) is 1. The van der Waals surface area contributed by atoms with Gasteiger partial charge < -0.3 is 10.5 Å². The Bertz CT molecular complexity index is 401. The van der Waals surface area contributed by atoms with Crippen molar-refractivity contribution in [1.29, 1.82) is 0 Å². The maximum Gasteiger partial charge on any atom is 0.163 e. The van der Waals surface area contributed by atoms with Crippen LogP contribution in [0.25, 0.3) is 0 Å². The van der Waals surface area contributed by atoms with Crippen LogP contribution in [-0.4, -0.2) is 19.4 Å². The molecule has 1 atom stereocenters. The van der Waals surface area contributed by atoms with Crippen LogP contribution in [0.5, 0.6) is 5.75 Å². The molecule has 1 aromatic rings. The van der Waals surface area contributed by atoms with E-state index in [0.29, 0.717) is 18.9 Å². The van der Waals surface area contributed by atoms with Gasteiger partial charge in [-0.2, -0.15) is 0 Å². The lowest BCUT2D eigenvalue weighted by Crippen LogP contribution is -2.09. The Morgan fingerprint density at radius 2 is 2.11 bits per heavy atom. The quantitative estimate of drug-likeness (QED) is 0.756. The summed E-state index contributed by atoms with van der Waals surface area (Å²) in [6.07, 6.45) is 2.48. The summed E-state index contributed by atoms with van der Waals surface area (Å²) >= 11 is 0. The molecule has 0 saturated heterocycles. The van der Waals surface area contributed by atoms with Crippen molar-refractivity contribution in [2.45, 2.75) is 33.1 Å². The molecule has 1 unspecified atom stereocenters. The number of carbonyl (C=O) groups excluding carboxylic acids is 1. The van der Waals surface area contributed by atoms with E-state index in [-0.39, 0.29) is 5.78 Å². The van der Waals surface area contributed by atoms with Crippen LogP contribution in [0, 0.1) is 12.8 Å². The first kappa shape index (κ1) is 14.7. The van der Waals surface area contributed by atoms with Crippen molar-refractivity contribution in [3.63, 3.8) is 0 Å². The summed E-state index contributed by atoms with van der Waals surface area (Å²) in [6.45, 7) is 4.77. The second kappa shape index (κ2) is 7.17. The topological polar surface area (TPSA) is 52.3 Å². The van der Waals surface area contributed by atoms with E-state index in [1.54, 1.807) is 7.11 Å². The zero-order valence-corrected chi connectivity index (χ0v) is 11.5. The number of rotatable bonds is 7. The van der Waals surface area contributed by atoms with Gasteiger partial charge in [0, 0.05) is 12.0 Å². The third-order valence-corrected chi connectivity index (χ3v) is 3.26. The number of benzene rings is 1. The predicted octanol–water partition coefficient (Wildman–Crippen LogP) is 2.95. The summed E-state index contributed by atoms with van der Waals surface area (Å²) in [5, 5.41) is 0. The van der Waals surface area contributed by atoms with E-state index in [1.165, 1.54) is 0 Å². The Hall–Kier alpha value is -1.35. The summed E-state index contributed by atoms with van der Waals surface area (Å²) in [5.41, 5.74) is 7.28. The Morgan fingerprint density at radius 1 is 1.39 bits per heavy atom. The minimum atomic E-state index is 0.207. The standard InChI is InChI=1S/C15H23NO2/c1-11(8-9-16)4-7-15(17)14-6-5-13(18-3)10-12(14)2/h5-6,10-11H,4,7-9,16H2,1-3H3. The van der Waals surface area contributed by atoms with Crippen LogP contribution in [0.2, 0.25) is 0 Å². The van der Waals surface area contributed by atoms with Crippen molar-refractivity contribution in [2.24, 2.45) is 11.7 Å². The molecule has 0 heterocycles. The van der Waals surface area contributed by atoms with Gasteiger partial charge in [-0.1, -0.05) is 6.92 Å². The molecule has 3 heteroatoms. The maximum atomic E-state index is 12.1. The molecule has 0 aliphatic rings. The van der Waals surface area contributed by atoms with Gasteiger partial charge in [0.25, 0.3) is 0 Å². The van der Waals surface area contributed by atoms with E-state index in [2.05, 4.69) is 6.92 Å². The lowest BCUT2D eigenvalue weighted by atomic mass is 9.95. The number of carbonyl (C=O) groups is 1. The fourth-order valence-corrected chi connectivity index (χ4v) is 2.02. The van der Waals surface area contributed by atoms with E-state index in [0.717, 1.165) is 29.7 Å². The number of hydrogen-bond acceptors (Lipinski definition) is 3. The molecular formula is C15H23NO2. The van der Waals surface area contributed by atoms with Crippen molar-refractivity contribution < 1.29 is 9.53 Å². The molecular weight excluding hydrogens is 226 g/mol. The van der Waals surface area contributed by atoms with Crippen molar-refractivity contribution in [2.75, 3.05) is 13.7 Å². The van der Waals surface area contributed by atoms with Crippen LogP contribution in [-0.2, 0) is 0 Å². The van der Waals surface area contributed by atoms with Gasteiger partial charge in [-0.3, -0.25) is 4.79 Å². The van der Waals surface area contributed by atoms with Gasteiger partial charge in [0.15, 0.2) is 5.78 Å². The van der Waals surface area contributed by atoms with Gasteiger partial charge in [-0.15, -0.1) is 0 Å². The smallest absolute Gasteiger partial charge is 0.163 e. The van der Waals surface area contributed by atoms with Crippen LogP contribution in [0.4, 0.5) is 0 Å². The van der Waals surface area contributed by atoms with Gasteiger partial charge in [0.2, 0.25) is 0 Å². The minimum absolute atomic E-state index is 0.207. The summed E-state index contributed by atoms with van der Waals surface area (Å²) in [5.74, 6) is 1.51. The molecule has 100 valence electrons. The molecule has 1 aromatic carbocycles. The Balaban J connectivity index is 2.61. The van der Waals surface area contributed by atoms with Crippen molar-refractivity contribution in [3.05, 3.63) is 29.3 Å². The number of hydrogen-bond donors (Lipinski definition) is 1. The summed E-state index contributed by atoms with van der Waals surface area (Å²) < 4.78 is 5.13. The first-order valence-electron chi connectivity index (χ1n) is 6.46. The highest BCUT2D eigenvalue weighted by Crippen LogP contribution is 2.20. The number of ketones is 1. The van der Waals surface area contributed by atoms with Gasteiger partial charge in [0.1, 0.15) is 5.75 Å². The molecule has 3 nitrogen and oxygen atoms in total. The molecule has 0 saturated carbocycles. The summed E-state index contributed by atoms with van der Waals surface area (Å²) in [4.78, 5) is 12.1. The molecule has 0 aromatic heterocycles. The fraction of sp³-hybridized carbons (Fsp3) is 0.533. The van der Waals surface area contributed by atoms with Crippen LogP contribution in [0.1, 0.15) is 42.1 Å². The zero-order chi connectivity index (χ0) is 13.5. The van der Waals surface area contributed by atoms with Crippen LogP contribution >= 0.6 is 0 Å². The molecule has 18 heavy (non-hydrogen) atoms. The number of Topliss-reactive ketones (excluding diaryl/α,β-unsaturated/α-hetero) is 1. The van der Waals surface area contributed by atoms with E-state index >= 15 is 0 Å². The molecule has 2 N–H and O–H groups in total. The van der Waals surface area contributed by atoms with Crippen LogP contribution < -0.4 is 10.5 Å². The highest BCUT2D eigenvalue weighted by atomic mass is 16.5. The molecule has 0 bridgehead atoms. The average Bonchev–Trinajstić information content (AvgIpc) is 2.36. The van der Waals surface area contributed by atoms with E-state index in [4.69, 9.17) is 10.5 Å². The number of aryl methyl sites for hydroxylation is 1. The summed E-state index contributed by atoms with van der Waals surface area (Å²) in [6, 6.07) is 5.59. The molecule has 0 spiro atoms. The molecule has 0 fully saturated rings. The fourth-order valence-electron chi connectivity index (χ4n) is 2.02. The second-order valence-electron chi connectivity index (χ2n) is 4.83. The van der Waals surface area contributed by atoms with Crippen molar-refractivity contribution in [3.8, 4) is 5.75 Å². The monoisotopic (exact) mass is 249 g/mol. The highest BCUT2D eigenvalue weighted by Gasteiger charge is 2.11. The second-order valence-corrected chi connectivity index (χ2v) is 4.83. The first-order chi connectivity index (χ1) is 8.58. The van der Waals surface area contributed by atoms with Gasteiger partial charge >= 0.3 is 0 Å². The SMILES string of the molecule is COc1ccc(C(=O)CCC(C)CCN)c(C)c1. The third kappa shape index (κ3) is 4.15. The summed E-state index contributed by atoms with van der Waals surface area (Å²) in [7, 11) is 1.63. The zero-order valence-electron chi connectivity index (χ0n) is 11.5. The molecule has 0 amide bonds. The van der Waals surface area contributed by atoms with E-state index < -0.39 is 0 Å². The minimum Gasteiger partial charge on any atom is -0.497 e. The number of nitrogens with two attached hydrogens (primary N) is 1. The van der Waals surface area contributed by atoms with E-state index in [1.807, 2.05) is 25.1 Å². The molecule has 1 rings (SSSR count). The van der Waals surface area contributed by atoms with Crippen molar-refractivity contribution >= 4 is 5.78 Å². The first-order valence-corrected chi connectivity index (χ1v) is 6.46. The van der Waals surface area contributed by atoms with Crippen LogP contribution in [0.15, 0.2) is 18.2 Å². The van der Waals surface area contributed by atoms with Crippen LogP contribution in [0.3, 0.4) is 0 Å². The average molecular weight is 249 g/mol. The lowest BCUT2D eigenvalue weighted by molar-refractivity contribution is 0.0973. The van der Waals surface area contributed by atoms with Gasteiger partial charge in [-0.05, 0) is 56.0 Å². The van der Waals surface area contributed by atoms with Crippen molar-refractivity contribution in [1.82, 2.24) is 0 Å². The molecule has 0 aliphatic heterocycles. The Morgan fingerprint density at radius 3 is 2.67 bits per heavy atom. The van der Waals surface area contributed by atoms with E-state index in [9.17, 15) is 4.79 Å². The lowest BCUT2D eigenvalue weighted by Gasteiger charge is -2.10. The van der Waals surface area contributed by atoms with Gasteiger partial charge in [0.05, 0.1) is 7.11 Å². The predicted molar refractivity (Wildman–Crippen MR) is 74.1 cm³/mol. The Labute approximate surface area is 109 Å². The highest BCUT2D eigenvalue weighted by molar-refractivity contribution is 5.97. The number of methoxy groups -OCH3 is 1. The normalized spacial score (nSPS) is 12.2. The Kier molecular flexibility index (Phi) is 5.86. The van der Waals surface area contributed by atoms with Gasteiger partial charge in [-0.25, -0.2) is 0 Å². The maximum absolute atomic E-state index is 12.1. The third-order valence-electron chi connectivity index (χ3n) is 3.26. The largest absolute Gasteiger partial charge is 0.497 e.